The fourth-order valence-electron chi connectivity index (χ4n) is 1.21. The molecule has 1 aromatic heterocycles. The standard InChI is InChI=1S/C11H12N2O3/c1-2-10-12-13-11(16-10)7-15-9-6-4-3-5-8(9)14/h3-6,14H,2,7H2,1H3. The van der Waals surface area contributed by atoms with E-state index in [1.165, 1.54) is 0 Å². The Morgan fingerprint density at radius 2 is 2.00 bits per heavy atom. The van der Waals surface area contributed by atoms with Gasteiger partial charge in [-0.25, -0.2) is 0 Å². The van der Waals surface area contributed by atoms with E-state index in [-0.39, 0.29) is 12.4 Å². The van der Waals surface area contributed by atoms with Crippen molar-refractivity contribution in [1.29, 1.82) is 0 Å². The molecule has 1 heterocycles. The molecule has 0 amide bonds. The van der Waals surface area contributed by atoms with Crippen molar-refractivity contribution in [3.05, 3.63) is 36.0 Å². The van der Waals surface area contributed by atoms with Crippen LogP contribution in [0.2, 0.25) is 0 Å². The molecule has 0 aliphatic rings. The second kappa shape index (κ2) is 4.65. The molecule has 5 nitrogen and oxygen atoms in total. The molecule has 0 saturated heterocycles. The highest BCUT2D eigenvalue weighted by atomic mass is 16.5. The Morgan fingerprint density at radius 1 is 1.25 bits per heavy atom. The maximum atomic E-state index is 9.45. The summed E-state index contributed by atoms with van der Waals surface area (Å²) in [4.78, 5) is 0. The minimum absolute atomic E-state index is 0.0951. The summed E-state index contributed by atoms with van der Waals surface area (Å²) >= 11 is 0. The third-order valence-electron chi connectivity index (χ3n) is 2.03. The molecule has 16 heavy (non-hydrogen) atoms. The van der Waals surface area contributed by atoms with Crippen molar-refractivity contribution in [3.63, 3.8) is 0 Å². The number of hydrogen-bond acceptors (Lipinski definition) is 5. The maximum absolute atomic E-state index is 9.45. The molecule has 84 valence electrons. The van der Waals surface area contributed by atoms with E-state index in [9.17, 15) is 5.11 Å². The molecule has 0 aliphatic heterocycles. The molecule has 0 atom stereocenters. The van der Waals surface area contributed by atoms with Gasteiger partial charge in [-0.1, -0.05) is 19.1 Å². The minimum Gasteiger partial charge on any atom is -0.504 e. The topological polar surface area (TPSA) is 68.4 Å². The normalized spacial score (nSPS) is 10.3. The van der Waals surface area contributed by atoms with Gasteiger partial charge in [0, 0.05) is 6.42 Å². The van der Waals surface area contributed by atoms with Gasteiger partial charge in [0.25, 0.3) is 5.89 Å². The van der Waals surface area contributed by atoms with Gasteiger partial charge in [-0.15, -0.1) is 10.2 Å². The highest BCUT2D eigenvalue weighted by Gasteiger charge is 2.06. The van der Waals surface area contributed by atoms with Gasteiger partial charge in [0.15, 0.2) is 18.1 Å². The van der Waals surface area contributed by atoms with Crippen LogP contribution in [0.25, 0.3) is 0 Å². The summed E-state index contributed by atoms with van der Waals surface area (Å²) in [7, 11) is 0. The lowest BCUT2D eigenvalue weighted by atomic mass is 10.3. The SMILES string of the molecule is CCc1nnc(COc2ccccc2O)o1. The molecule has 5 heteroatoms. The summed E-state index contributed by atoms with van der Waals surface area (Å²) in [5.41, 5.74) is 0. The van der Waals surface area contributed by atoms with Crippen LogP contribution in [0.15, 0.2) is 28.7 Å². The number of para-hydroxylation sites is 2. The van der Waals surface area contributed by atoms with E-state index < -0.39 is 0 Å². The van der Waals surface area contributed by atoms with Crippen LogP contribution in [0.1, 0.15) is 18.7 Å². The van der Waals surface area contributed by atoms with Crippen molar-refractivity contribution in [1.82, 2.24) is 10.2 Å². The van der Waals surface area contributed by atoms with Crippen LogP contribution in [0.3, 0.4) is 0 Å². The lowest BCUT2D eigenvalue weighted by molar-refractivity contribution is 0.249. The lowest BCUT2D eigenvalue weighted by Crippen LogP contribution is -1.95. The third-order valence-corrected chi connectivity index (χ3v) is 2.03. The molecule has 2 aromatic rings. The first-order valence-corrected chi connectivity index (χ1v) is 5.01. The van der Waals surface area contributed by atoms with Crippen molar-refractivity contribution in [3.8, 4) is 11.5 Å². The number of aromatic hydroxyl groups is 1. The van der Waals surface area contributed by atoms with Gasteiger partial charge < -0.3 is 14.3 Å². The van der Waals surface area contributed by atoms with E-state index in [4.69, 9.17) is 9.15 Å². The third kappa shape index (κ3) is 2.31. The summed E-state index contributed by atoms with van der Waals surface area (Å²) in [5.74, 6) is 1.48. The van der Waals surface area contributed by atoms with Crippen molar-refractivity contribution in [2.45, 2.75) is 20.0 Å². The molecular weight excluding hydrogens is 208 g/mol. The minimum atomic E-state index is 0.0951. The first-order valence-electron chi connectivity index (χ1n) is 5.01. The second-order valence-corrected chi connectivity index (χ2v) is 3.20. The largest absolute Gasteiger partial charge is 0.504 e. The molecule has 0 unspecified atom stereocenters. The maximum Gasteiger partial charge on any atom is 0.253 e. The fourth-order valence-corrected chi connectivity index (χ4v) is 1.21. The van der Waals surface area contributed by atoms with Crippen LogP contribution >= 0.6 is 0 Å². The van der Waals surface area contributed by atoms with Crippen molar-refractivity contribution < 1.29 is 14.3 Å². The Kier molecular flexibility index (Phi) is 3.05. The smallest absolute Gasteiger partial charge is 0.253 e. The number of aromatic nitrogens is 2. The predicted octanol–water partition coefficient (Wildman–Crippen LogP) is 1.92. The van der Waals surface area contributed by atoms with Crippen LogP contribution in [0.4, 0.5) is 0 Å². The Morgan fingerprint density at radius 3 is 2.69 bits per heavy atom. The number of hydrogen-bond donors (Lipinski definition) is 1. The molecule has 0 radical (unpaired) electrons. The molecule has 0 fully saturated rings. The molecule has 0 aliphatic carbocycles. The molecule has 0 bridgehead atoms. The van der Waals surface area contributed by atoms with Crippen LogP contribution in [0.5, 0.6) is 11.5 Å². The predicted molar refractivity (Wildman–Crippen MR) is 56.1 cm³/mol. The Hall–Kier alpha value is -2.04. The van der Waals surface area contributed by atoms with Gasteiger partial charge in [-0.05, 0) is 12.1 Å². The molecule has 0 spiro atoms. The number of rotatable bonds is 4. The zero-order valence-corrected chi connectivity index (χ0v) is 8.88. The molecule has 1 N–H and O–H groups in total. The van der Waals surface area contributed by atoms with Gasteiger partial charge in [0.05, 0.1) is 0 Å². The zero-order chi connectivity index (χ0) is 11.4. The van der Waals surface area contributed by atoms with E-state index in [0.29, 0.717) is 24.0 Å². The molecular formula is C11H12N2O3. The average molecular weight is 220 g/mol. The Labute approximate surface area is 92.7 Å². The number of nitrogens with zero attached hydrogens (tertiary/aromatic N) is 2. The molecule has 1 aromatic carbocycles. The summed E-state index contributed by atoms with van der Waals surface area (Å²) in [6, 6.07) is 6.73. The van der Waals surface area contributed by atoms with Gasteiger partial charge in [0.1, 0.15) is 0 Å². The highest BCUT2D eigenvalue weighted by Crippen LogP contribution is 2.25. The highest BCUT2D eigenvalue weighted by molar-refractivity contribution is 5.37. The lowest BCUT2D eigenvalue weighted by Gasteiger charge is -2.04. The van der Waals surface area contributed by atoms with Crippen LogP contribution in [-0.2, 0) is 13.0 Å². The fraction of sp³-hybridized carbons (Fsp3) is 0.273. The van der Waals surface area contributed by atoms with E-state index >= 15 is 0 Å². The van der Waals surface area contributed by atoms with E-state index in [1.54, 1.807) is 24.3 Å². The number of benzene rings is 1. The molecule has 2 rings (SSSR count). The summed E-state index contributed by atoms with van der Waals surface area (Å²) < 4.78 is 10.6. The van der Waals surface area contributed by atoms with E-state index in [0.717, 1.165) is 0 Å². The Bertz CT molecular complexity index is 468. The number of phenolic OH excluding ortho intramolecular Hbond substituents is 1. The van der Waals surface area contributed by atoms with Gasteiger partial charge in [0.2, 0.25) is 5.89 Å². The van der Waals surface area contributed by atoms with Gasteiger partial charge >= 0.3 is 0 Å². The van der Waals surface area contributed by atoms with Crippen LogP contribution < -0.4 is 4.74 Å². The van der Waals surface area contributed by atoms with Crippen molar-refractivity contribution >= 4 is 0 Å². The first-order chi connectivity index (χ1) is 7.79. The van der Waals surface area contributed by atoms with Gasteiger partial charge in [-0.2, -0.15) is 0 Å². The number of ether oxygens (including phenoxy) is 1. The van der Waals surface area contributed by atoms with Gasteiger partial charge in [-0.3, -0.25) is 0 Å². The van der Waals surface area contributed by atoms with Crippen LogP contribution in [0, 0.1) is 0 Å². The quantitative estimate of drug-likeness (QED) is 0.852. The van der Waals surface area contributed by atoms with Crippen molar-refractivity contribution in [2.24, 2.45) is 0 Å². The zero-order valence-electron chi connectivity index (χ0n) is 8.88. The Balaban J connectivity index is 1.99. The first kappa shape index (κ1) is 10.5. The molecule has 0 saturated carbocycles. The summed E-state index contributed by atoms with van der Waals surface area (Å²) in [6.07, 6.45) is 0.698. The average Bonchev–Trinajstić information content (AvgIpc) is 2.76. The second-order valence-electron chi connectivity index (χ2n) is 3.20. The summed E-state index contributed by atoms with van der Waals surface area (Å²) in [5, 5.41) is 17.1. The monoisotopic (exact) mass is 220 g/mol. The van der Waals surface area contributed by atoms with E-state index in [1.807, 2.05) is 6.92 Å². The van der Waals surface area contributed by atoms with Crippen molar-refractivity contribution in [2.75, 3.05) is 0 Å². The van der Waals surface area contributed by atoms with E-state index in [2.05, 4.69) is 10.2 Å². The van der Waals surface area contributed by atoms with Crippen LogP contribution in [-0.4, -0.2) is 15.3 Å². The summed E-state index contributed by atoms with van der Waals surface area (Å²) in [6.45, 7) is 2.09. The number of phenols is 1. The number of aryl methyl sites for hydroxylation is 1.